The molecule has 4 aromatic carbocycles. The highest BCUT2D eigenvalue weighted by Crippen LogP contribution is 2.70. The van der Waals surface area contributed by atoms with Crippen LogP contribution in [0.5, 0.6) is 0 Å². The number of Topliss-reactive ketones (excluding diaryl/α,β-unsaturated/α-hetero) is 1. The van der Waals surface area contributed by atoms with Crippen molar-refractivity contribution in [2.24, 2.45) is 5.10 Å². The first-order chi connectivity index (χ1) is 18.5. The summed E-state index contributed by atoms with van der Waals surface area (Å²) in [6, 6.07) is 37.1. The highest BCUT2D eigenvalue weighted by molar-refractivity contribution is 8.27. The van der Waals surface area contributed by atoms with Crippen molar-refractivity contribution >= 4 is 40.0 Å². The van der Waals surface area contributed by atoms with Crippen molar-refractivity contribution in [3.63, 3.8) is 0 Å². The number of aryl methyl sites for hydroxylation is 2. The molecule has 0 fully saturated rings. The Morgan fingerprint density at radius 2 is 1.26 bits per heavy atom. The Morgan fingerprint density at radius 1 is 0.737 bits per heavy atom. The van der Waals surface area contributed by atoms with Crippen LogP contribution in [0.15, 0.2) is 108 Å². The third-order valence-corrected chi connectivity index (χ3v) is 10.9. The molecule has 38 heavy (non-hydrogen) atoms. The van der Waals surface area contributed by atoms with Gasteiger partial charge in [-0.15, -0.1) is 0 Å². The van der Waals surface area contributed by atoms with Crippen LogP contribution in [0.4, 0.5) is 5.69 Å². The minimum Gasteiger partial charge on any atom is -0.292 e. The van der Waals surface area contributed by atoms with Gasteiger partial charge in [0.25, 0.3) is 0 Å². The maximum absolute atomic E-state index is 12.7. The molecule has 2 heterocycles. The zero-order chi connectivity index (χ0) is 26.3. The van der Waals surface area contributed by atoms with Gasteiger partial charge in [-0.3, -0.25) is 4.79 Å². The van der Waals surface area contributed by atoms with Crippen molar-refractivity contribution in [3.05, 3.63) is 137 Å². The van der Waals surface area contributed by atoms with Crippen LogP contribution in [0.1, 0.15) is 54.2 Å². The van der Waals surface area contributed by atoms with Gasteiger partial charge in [0.15, 0.2) is 15.0 Å². The summed E-state index contributed by atoms with van der Waals surface area (Å²) in [7, 11) is 0. The Labute approximate surface area is 233 Å². The summed E-state index contributed by atoms with van der Waals surface area (Å²) in [4.78, 5) is 12.7. The normalized spacial score (nSPS) is 19.4. The van der Waals surface area contributed by atoms with E-state index in [2.05, 4.69) is 104 Å². The molecular formula is C33H30N2OS2. The fourth-order valence-electron chi connectivity index (χ4n) is 5.45. The number of hydrogen-bond acceptors (Lipinski definition) is 5. The smallest absolute Gasteiger partial charge is 0.187 e. The van der Waals surface area contributed by atoms with Crippen molar-refractivity contribution in [2.45, 2.75) is 42.6 Å². The van der Waals surface area contributed by atoms with Gasteiger partial charge >= 0.3 is 0 Å². The van der Waals surface area contributed by atoms with Crippen molar-refractivity contribution in [1.82, 2.24) is 0 Å². The maximum Gasteiger partial charge on any atom is 0.187 e. The van der Waals surface area contributed by atoms with Crippen LogP contribution in [-0.4, -0.2) is 10.8 Å². The van der Waals surface area contributed by atoms with E-state index in [1.165, 1.54) is 33.4 Å². The second kappa shape index (κ2) is 9.79. The molecule has 0 saturated heterocycles. The molecule has 0 amide bonds. The number of carbonyl (C=O) groups is 1. The Kier molecular flexibility index (Phi) is 6.45. The number of hydrazone groups is 1. The number of anilines is 1. The van der Waals surface area contributed by atoms with Gasteiger partial charge in [-0.25, -0.2) is 5.01 Å². The second-order valence-corrected chi connectivity index (χ2v) is 12.6. The Balaban J connectivity index is 1.63. The molecule has 4 aromatic rings. The van der Waals surface area contributed by atoms with E-state index in [9.17, 15) is 4.79 Å². The summed E-state index contributed by atoms with van der Waals surface area (Å²) in [5.74, 6) is -0.0111. The standard InChI is InChI=1S/C33H30N2OS2/c1-4-24-15-19-26(20-16-24)32(27-21-17-25(5-2)18-22-27)29-13-9-10-14-30(29)33(38-32)35(28-11-7-6-8-12-28)34-31(37-33)23(3)36/h6-22H,4-5H2,1-3H3/t33-/m1/s1. The van der Waals surface area contributed by atoms with E-state index in [1.54, 1.807) is 18.7 Å². The molecule has 0 aromatic heterocycles. The molecule has 0 radical (unpaired) electrons. The SMILES string of the molecule is CCc1ccc(C2(c3ccc(CC)cc3)S[C@]3(SC(C(C)=O)=NN3c3ccccc3)c3ccccc32)cc1. The quantitative estimate of drug-likeness (QED) is 0.250. The Morgan fingerprint density at radius 3 is 1.79 bits per heavy atom. The summed E-state index contributed by atoms with van der Waals surface area (Å²) in [5.41, 5.74) is 8.50. The number of benzene rings is 4. The zero-order valence-electron chi connectivity index (χ0n) is 21.8. The summed E-state index contributed by atoms with van der Waals surface area (Å²) in [6.07, 6.45) is 2.00. The molecule has 0 bridgehead atoms. The van der Waals surface area contributed by atoms with Gasteiger partial charge in [-0.1, -0.05) is 128 Å². The van der Waals surface area contributed by atoms with Gasteiger partial charge in [0.05, 0.1) is 10.4 Å². The van der Waals surface area contributed by atoms with Gasteiger partial charge in [0.2, 0.25) is 0 Å². The topological polar surface area (TPSA) is 32.7 Å². The molecule has 0 aliphatic carbocycles. The van der Waals surface area contributed by atoms with Gasteiger partial charge in [0.1, 0.15) is 0 Å². The number of fused-ring (bicyclic) bond motifs is 2. The van der Waals surface area contributed by atoms with Crippen molar-refractivity contribution in [2.75, 3.05) is 5.01 Å². The highest BCUT2D eigenvalue weighted by Gasteiger charge is 2.61. The maximum atomic E-state index is 12.7. The van der Waals surface area contributed by atoms with Crippen molar-refractivity contribution in [3.8, 4) is 0 Å². The number of ketones is 1. The summed E-state index contributed by atoms with van der Waals surface area (Å²) < 4.78 is -1.11. The van der Waals surface area contributed by atoms with Crippen LogP contribution in [0.25, 0.3) is 0 Å². The van der Waals surface area contributed by atoms with Crippen molar-refractivity contribution < 1.29 is 4.79 Å². The lowest BCUT2D eigenvalue weighted by molar-refractivity contribution is -0.110. The van der Waals surface area contributed by atoms with Crippen molar-refractivity contribution in [1.29, 1.82) is 0 Å². The molecule has 2 aliphatic heterocycles. The van der Waals surface area contributed by atoms with Crippen LogP contribution < -0.4 is 5.01 Å². The average molecular weight is 535 g/mol. The first kappa shape index (κ1) is 25.0. The first-order valence-electron chi connectivity index (χ1n) is 13.1. The predicted molar refractivity (Wildman–Crippen MR) is 162 cm³/mol. The molecular weight excluding hydrogens is 505 g/mol. The lowest BCUT2D eigenvalue weighted by Gasteiger charge is -2.37. The summed E-state index contributed by atoms with van der Waals surface area (Å²) >= 11 is 3.45. The third kappa shape index (κ3) is 3.83. The zero-order valence-corrected chi connectivity index (χ0v) is 23.5. The van der Waals surface area contributed by atoms with Crippen LogP contribution in [0.3, 0.4) is 0 Å². The van der Waals surface area contributed by atoms with E-state index in [4.69, 9.17) is 5.10 Å². The fourth-order valence-corrected chi connectivity index (χ4v) is 9.01. The number of para-hydroxylation sites is 1. The van der Waals surface area contributed by atoms with Crippen LogP contribution in [-0.2, 0) is 26.6 Å². The fraction of sp³-hybridized carbons (Fsp3) is 0.212. The molecule has 3 nitrogen and oxygen atoms in total. The number of thioether (sulfide) groups is 2. The van der Waals surface area contributed by atoms with E-state index in [0.29, 0.717) is 5.04 Å². The predicted octanol–water partition coefficient (Wildman–Crippen LogP) is 8.12. The number of rotatable bonds is 6. The molecule has 0 unspecified atom stereocenters. The van der Waals surface area contributed by atoms with E-state index in [1.807, 2.05) is 30.0 Å². The highest BCUT2D eigenvalue weighted by atomic mass is 32.2. The molecule has 190 valence electrons. The minimum atomic E-state index is -0.633. The Bertz CT molecular complexity index is 1470. The summed E-state index contributed by atoms with van der Waals surface area (Å²) in [5, 5.41) is 7.55. The van der Waals surface area contributed by atoms with E-state index < -0.39 is 8.95 Å². The van der Waals surface area contributed by atoms with E-state index in [-0.39, 0.29) is 5.78 Å². The molecule has 1 spiro atoms. The molecule has 0 saturated carbocycles. The van der Waals surface area contributed by atoms with Gasteiger partial charge in [0, 0.05) is 12.5 Å². The molecule has 0 N–H and O–H groups in total. The average Bonchev–Trinajstić information content (AvgIpc) is 3.51. The lowest BCUT2D eigenvalue weighted by atomic mass is 9.81. The number of carbonyl (C=O) groups excluding carboxylic acids is 1. The van der Waals surface area contributed by atoms with Gasteiger partial charge < -0.3 is 0 Å². The molecule has 2 aliphatic rings. The van der Waals surface area contributed by atoms with E-state index >= 15 is 0 Å². The van der Waals surface area contributed by atoms with Crippen LogP contribution in [0, 0.1) is 0 Å². The molecule has 1 atom stereocenters. The number of hydrogen-bond donors (Lipinski definition) is 0. The number of nitrogens with zero attached hydrogens (tertiary/aromatic N) is 2. The van der Waals surface area contributed by atoms with Crippen LogP contribution in [0.2, 0.25) is 0 Å². The second-order valence-electron chi connectivity index (χ2n) is 9.72. The van der Waals surface area contributed by atoms with E-state index in [0.717, 1.165) is 18.5 Å². The van der Waals surface area contributed by atoms with Gasteiger partial charge in [-0.05, 0) is 52.8 Å². The Hall–Kier alpha value is -3.28. The monoisotopic (exact) mass is 534 g/mol. The first-order valence-corrected chi connectivity index (χ1v) is 14.8. The van der Waals surface area contributed by atoms with Crippen LogP contribution >= 0.6 is 23.5 Å². The van der Waals surface area contributed by atoms with Gasteiger partial charge in [-0.2, -0.15) is 5.10 Å². The minimum absolute atomic E-state index is 0.0111. The summed E-state index contributed by atoms with van der Waals surface area (Å²) in [6.45, 7) is 5.99. The molecule has 5 heteroatoms. The largest absolute Gasteiger partial charge is 0.292 e. The third-order valence-electron chi connectivity index (χ3n) is 7.48. The molecule has 6 rings (SSSR count). The lowest BCUT2D eigenvalue weighted by Crippen LogP contribution is -2.34.